The molecule has 2 rings (SSSR count). The Bertz CT molecular complexity index is 476. The van der Waals surface area contributed by atoms with Gasteiger partial charge in [-0.3, -0.25) is 4.79 Å². The maximum Gasteiger partial charge on any atom is 0.290 e. The molecule has 1 heterocycles. The van der Waals surface area contributed by atoms with Crippen LogP contribution < -0.4 is 5.32 Å². The third-order valence-corrected chi connectivity index (χ3v) is 3.32. The second-order valence-electron chi connectivity index (χ2n) is 5.01. The Hall–Kier alpha value is -1.56. The first-order valence-corrected chi connectivity index (χ1v) is 6.41. The highest BCUT2D eigenvalue weighted by Crippen LogP contribution is 2.27. The number of benzene rings is 1. The molecule has 1 amide bonds. The number of nitrogens with one attached hydrogen (secondary N) is 1. The van der Waals surface area contributed by atoms with Crippen LogP contribution in [-0.4, -0.2) is 25.2 Å². The summed E-state index contributed by atoms with van der Waals surface area (Å²) in [6.07, 6.45) is 0.511. The Morgan fingerprint density at radius 1 is 1.40 bits per heavy atom. The molecule has 1 aliphatic rings. The van der Waals surface area contributed by atoms with E-state index >= 15 is 0 Å². The Morgan fingerprint density at radius 3 is 2.60 bits per heavy atom. The van der Waals surface area contributed by atoms with E-state index in [1.807, 2.05) is 6.92 Å². The molecular weight excluding hydrogens is 271 g/mol. The maximum absolute atomic E-state index is 13.8. The molecule has 1 aromatic rings. The van der Waals surface area contributed by atoms with Crippen molar-refractivity contribution in [3.63, 3.8) is 0 Å². The van der Waals surface area contributed by atoms with Crippen LogP contribution in [0.1, 0.15) is 18.9 Å². The van der Waals surface area contributed by atoms with Crippen molar-refractivity contribution >= 4 is 5.91 Å². The first kappa shape index (κ1) is 14.8. The number of hydrogen-bond acceptors (Lipinski definition) is 2. The molecule has 1 aromatic carbocycles. The number of rotatable bonds is 4. The van der Waals surface area contributed by atoms with Crippen LogP contribution in [0.2, 0.25) is 0 Å². The molecule has 2 atom stereocenters. The van der Waals surface area contributed by atoms with E-state index in [0.717, 1.165) is 24.3 Å². The van der Waals surface area contributed by atoms with Gasteiger partial charge in [0.15, 0.2) is 0 Å². The lowest BCUT2D eigenvalue weighted by Crippen LogP contribution is -2.38. The molecule has 20 heavy (non-hydrogen) atoms. The van der Waals surface area contributed by atoms with Crippen LogP contribution in [0, 0.1) is 11.7 Å². The van der Waals surface area contributed by atoms with Gasteiger partial charge in [0.2, 0.25) is 5.91 Å². The minimum atomic E-state index is -3.23. The molecule has 6 heteroatoms. The molecular formula is C14H16F3NO2. The zero-order valence-corrected chi connectivity index (χ0v) is 11.0. The van der Waals surface area contributed by atoms with Crippen molar-refractivity contribution < 1.29 is 22.7 Å². The molecule has 0 spiro atoms. The highest BCUT2D eigenvalue weighted by atomic mass is 19.3. The van der Waals surface area contributed by atoms with Gasteiger partial charge in [-0.2, -0.15) is 8.78 Å². The molecule has 0 aromatic heterocycles. The van der Waals surface area contributed by atoms with E-state index in [2.05, 4.69) is 5.32 Å². The van der Waals surface area contributed by atoms with Crippen LogP contribution in [0.25, 0.3) is 0 Å². The SMILES string of the molecule is CC1CC(C(=O)NCC(F)(F)c2ccc(F)cc2)CO1. The van der Waals surface area contributed by atoms with Crippen LogP contribution in [0.3, 0.4) is 0 Å². The number of alkyl halides is 2. The third-order valence-electron chi connectivity index (χ3n) is 3.32. The Labute approximate surface area is 115 Å². The third kappa shape index (κ3) is 3.50. The molecule has 1 fully saturated rings. The fourth-order valence-corrected chi connectivity index (χ4v) is 2.14. The number of ether oxygens (including phenoxy) is 1. The van der Waals surface area contributed by atoms with Gasteiger partial charge in [-0.15, -0.1) is 0 Å². The van der Waals surface area contributed by atoms with Gasteiger partial charge >= 0.3 is 0 Å². The predicted molar refractivity (Wildman–Crippen MR) is 66.8 cm³/mol. The van der Waals surface area contributed by atoms with Gasteiger partial charge in [-0.1, -0.05) is 12.1 Å². The summed E-state index contributed by atoms with van der Waals surface area (Å²) in [5, 5.41) is 2.24. The molecule has 0 saturated carbocycles. The lowest BCUT2D eigenvalue weighted by molar-refractivity contribution is -0.127. The Balaban J connectivity index is 1.91. The zero-order chi connectivity index (χ0) is 14.8. The highest BCUT2D eigenvalue weighted by Gasteiger charge is 2.34. The van der Waals surface area contributed by atoms with E-state index in [4.69, 9.17) is 4.74 Å². The summed E-state index contributed by atoms with van der Waals surface area (Å²) in [5.41, 5.74) is -0.324. The average molecular weight is 287 g/mol. The standard InChI is InChI=1S/C14H16F3NO2/c1-9-6-10(7-20-9)13(19)18-8-14(16,17)11-2-4-12(15)5-3-11/h2-5,9-10H,6-8H2,1H3,(H,18,19). The van der Waals surface area contributed by atoms with Crippen LogP contribution in [0.4, 0.5) is 13.2 Å². The quantitative estimate of drug-likeness (QED) is 0.924. The second-order valence-corrected chi connectivity index (χ2v) is 5.01. The van der Waals surface area contributed by atoms with Crippen molar-refractivity contribution in [2.45, 2.75) is 25.4 Å². The molecule has 2 unspecified atom stereocenters. The first-order chi connectivity index (χ1) is 9.38. The van der Waals surface area contributed by atoms with Crippen LogP contribution in [0.15, 0.2) is 24.3 Å². The van der Waals surface area contributed by atoms with E-state index in [1.165, 1.54) is 0 Å². The summed E-state index contributed by atoms with van der Waals surface area (Å²) >= 11 is 0. The van der Waals surface area contributed by atoms with Crippen molar-refractivity contribution in [2.75, 3.05) is 13.2 Å². The lowest BCUT2D eigenvalue weighted by Gasteiger charge is -2.18. The smallest absolute Gasteiger partial charge is 0.290 e. The fraction of sp³-hybridized carbons (Fsp3) is 0.500. The topological polar surface area (TPSA) is 38.3 Å². The highest BCUT2D eigenvalue weighted by molar-refractivity contribution is 5.79. The van der Waals surface area contributed by atoms with Crippen molar-refractivity contribution in [3.05, 3.63) is 35.6 Å². The maximum atomic E-state index is 13.8. The number of carbonyl (C=O) groups excluding carboxylic acids is 1. The van der Waals surface area contributed by atoms with E-state index in [9.17, 15) is 18.0 Å². The Kier molecular flexibility index (Phi) is 4.32. The minimum absolute atomic E-state index is 0.0247. The van der Waals surface area contributed by atoms with Crippen molar-refractivity contribution in [1.29, 1.82) is 0 Å². The summed E-state index contributed by atoms with van der Waals surface area (Å²) in [6, 6.07) is 3.97. The molecule has 3 nitrogen and oxygen atoms in total. The molecule has 1 saturated heterocycles. The van der Waals surface area contributed by atoms with Gasteiger partial charge in [0.05, 0.1) is 25.2 Å². The van der Waals surface area contributed by atoms with Gasteiger partial charge in [0.25, 0.3) is 5.92 Å². The zero-order valence-electron chi connectivity index (χ0n) is 11.0. The van der Waals surface area contributed by atoms with Gasteiger partial charge in [0.1, 0.15) is 5.82 Å². The molecule has 0 bridgehead atoms. The van der Waals surface area contributed by atoms with Crippen LogP contribution >= 0.6 is 0 Å². The van der Waals surface area contributed by atoms with E-state index in [0.29, 0.717) is 6.42 Å². The predicted octanol–water partition coefficient (Wildman–Crippen LogP) is 2.46. The molecule has 0 radical (unpaired) electrons. The number of carbonyl (C=O) groups is 1. The summed E-state index contributed by atoms with van der Waals surface area (Å²) in [5.74, 6) is -4.62. The summed E-state index contributed by atoms with van der Waals surface area (Å²) < 4.78 is 45.6. The monoisotopic (exact) mass is 287 g/mol. The van der Waals surface area contributed by atoms with Crippen molar-refractivity contribution in [1.82, 2.24) is 5.32 Å². The largest absolute Gasteiger partial charge is 0.378 e. The molecule has 0 aliphatic carbocycles. The second kappa shape index (κ2) is 5.83. The number of amides is 1. The minimum Gasteiger partial charge on any atom is -0.378 e. The van der Waals surface area contributed by atoms with Gasteiger partial charge in [0, 0.05) is 5.56 Å². The van der Waals surface area contributed by atoms with Gasteiger partial charge in [-0.05, 0) is 25.5 Å². The lowest BCUT2D eigenvalue weighted by atomic mass is 10.0. The summed E-state index contributed by atoms with van der Waals surface area (Å²) in [7, 11) is 0. The van der Waals surface area contributed by atoms with Gasteiger partial charge < -0.3 is 10.1 Å². The summed E-state index contributed by atoms with van der Waals surface area (Å²) in [6.45, 7) is 1.29. The van der Waals surface area contributed by atoms with Crippen molar-refractivity contribution in [3.8, 4) is 0 Å². The summed E-state index contributed by atoms with van der Waals surface area (Å²) in [4.78, 5) is 11.7. The van der Waals surface area contributed by atoms with Crippen LogP contribution in [0.5, 0.6) is 0 Å². The number of hydrogen-bond donors (Lipinski definition) is 1. The van der Waals surface area contributed by atoms with Gasteiger partial charge in [-0.25, -0.2) is 4.39 Å². The normalized spacial score (nSPS) is 22.8. The molecule has 110 valence electrons. The van der Waals surface area contributed by atoms with E-state index in [1.54, 1.807) is 0 Å². The molecule has 1 aliphatic heterocycles. The van der Waals surface area contributed by atoms with Crippen molar-refractivity contribution in [2.24, 2.45) is 5.92 Å². The van der Waals surface area contributed by atoms with E-state index < -0.39 is 24.2 Å². The van der Waals surface area contributed by atoms with E-state index in [-0.39, 0.29) is 24.2 Å². The average Bonchev–Trinajstić information content (AvgIpc) is 2.83. The Morgan fingerprint density at radius 2 is 2.05 bits per heavy atom. The van der Waals surface area contributed by atoms with Crippen LogP contribution in [-0.2, 0) is 15.5 Å². The first-order valence-electron chi connectivity index (χ1n) is 6.41. The molecule has 1 N–H and O–H groups in total. The number of halogens is 3. The fourth-order valence-electron chi connectivity index (χ4n) is 2.14.